The fraction of sp³-hybridized carbons (Fsp3) is 0.688. The molecule has 0 aromatic carbocycles. The van der Waals surface area contributed by atoms with Crippen LogP contribution in [0.15, 0.2) is 10.7 Å². The Hall–Kier alpha value is -2.09. The van der Waals surface area contributed by atoms with Crippen LogP contribution in [0.4, 0.5) is 6.01 Å². The van der Waals surface area contributed by atoms with Gasteiger partial charge in [-0.1, -0.05) is 0 Å². The molecule has 0 unspecified atom stereocenters. The van der Waals surface area contributed by atoms with Crippen molar-refractivity contribution in [1.29, 1.82) is 0 Å². The fourth-order valence-electron chi connectivity index (χ4n) is 2.52. The molecule has 0 bridgehead atoms. The SMILES string of the molecule is CCOC(=O)c1coc(N2CCN(CCC(=O)NC(C)C)CC2)n1. The molecule has 2 heterocycles. The predicted molar refractivity (Wildman–Crippen MR) is 89.0 cm³/mol. The smallest absolute Gasteiger partial charge is 0.360 e. The van der Waals surface area contributed by atoms with E-state index in [1.807, 2.05) is 18.7 Å². The van der Waals surface area contributed by atoms with Gasteiger partial charge in [0.05, 0.1) is 6.61 Å². The van der Waals surface area contributed by atoms with Gasteiger partial charge >= 0.3 is 5.97 Å². The lowest BCUT2D eigenvalue weighted by Crippen LogP contribution is -2.47. The van der Waals surface area contributed by atoms with Crippen molar-refractivity contribution in [2.45, 2.75) is 33.2 Å². The highest BCUT2D eigenvalue weighted by atomic mass is 16.5. The third-order valence-corrected chi connectivity index (χ3v) is 3.72. The maximum absolute atomic E-state index is 11.7. The van der Waals surface area contributed by atoms with Gasteiger partial charge in [-0.3, -0.25) is 9.69 Å². The zero-order chi connectivity index (χ0) is 17.5. The number of rotatable bonds is 7. The van der Waals surface area contributed by atoms with Crippen molar-refractivity contribution >= 4 is 17.9 Å². The molecule has 8 heteroatoms. The average Bonchev–Trinajstić information content (AvgIpc) is 3.03. The van der Waals surface area contributed by atoms with E-state index in [4.69, 9.17) is 9.15 Å². The number of ether oxygens (including phenoxy) is 1. The molecule has 1 aromatic rings. The number of hydrogen-bond donors (Lipinski definition) is 1. The van der Waals surface area contributed by atoms with Gasteiger partial charge in [0.25, 0.3) is 6.01 Å². The third kappa shape index (κ3) is 5.23. The number of carbonyl (C=O) groups is 2. The maximum Gasteiger partial charge on any atom is 0.360 e. The number of hydrogen-bond acceptors (Lipinski definition) is 7. The summed E-state index contributed by atoms with van der Waals surface area (Å²) in [5, 5.41) is 2.90. The highest BCUT2D eigenvalue weighted by molar-refractivity contribution is 5.87. The molecule has 0 atom stereocenters. The van der Waals surface area contributed by atoms with Crippen molar-refractivity contribution in [2.24, 2.45) is 0 Å². The Morgan fingerprint density at radius 1 is 1.33 bits per heavy atom. The number of esters is 1. The first-order valence-electron chi connectivity index (χ1n) is 8.39. The van der Waals surface area contributed by atoms with Crippen molar-refractivity contribution in [3.63, 3.8) is 0 Å². The molecule has 0 saturated carbocycles. The highest BCUT2D eigenvalue weighted by Crippen LogP contribution is 2.16. The second kappa shape index (κ2) is 8.68. The Balaban J connectivity index is 1.76. The van der Waals surface area contributed by atoms with Crippen LogP contribution in [-0.2, 0) is 9.53 Å². The number of aromatic nitrogens is 1. The van der Waals surface area contributed by atoms with Gasteiger partial charge in [-0.25, -0.2) is 4.79 Å². The van der Waals surface area contributed by atoms with Crippen LogP contribution in [0.5, 0.6) is 0 Å². The molecule has 1 aliphatic heterocycles. The molecule has 1 fully saturated rings. The van der Waals surface area contributed by atoms with Gasteiger partial charge in [0.1, 0.15) is 6.26 Å². The number of nitrogens with one attached hydrogen (secondary N) is 1. The lowest BCUT2D eigenvalue weighted by molar-refractivity contribution is -0.121. The van der Waals surface area contributed by atoms with Gasteiger partial charge in [0.2, 0.25) is 5.91 Å². The van der Waals surface area contributed by atoms with Gasteiger partial charge in [0, 0.05) is 45.2 Å². The maximum atomic E-state index is 11.7. The Kier molecular flexibility index (Phi) is 6.60. The molecule has 134 valence electrons. The van der Waals surface area contributed by atoms with Gasteiger partial charge in [-0.05, 0) is 20.8 Å². The van der Waals surface area contributed by atoms with E-state index in [0.717, 1.165) is 32.7 Å². The first-order valence-corrected chi connectivity index (χ1v) is 8.39. The van der Waals surface area contributed by atoms with Crippen LogP contribution in [-0.4, -0.2) is 67.1 Å². The van der Waals surface area contributed by atoms with E-state index in [1.54, 1.807) is 6.92 Å². The van der Waals surface area contributed by atoms with Crippen molar-refractivity contribution < 1.29 is 18.7 Å². The molecule has 1 N–H and O–H groups in total. The summed E-state index contributed by atoms with van der Waals surface area (Å²) in [7, 11) is 0. The van der Waals surface area contributed by atoms with E-state index < -0.39 is 5.97 Å². The largest absolute Gasteiger partial charge is 0.461 e. The third-order valence-electron chi connectivity index (χ3n) is 3.72. The van der Waals surface area contributed by atoms with Crippen LogP contribution in [0.3, 0.4) is 0 Å². The lowest BCUT2D eigenvalue weighted by atomic mass is 10.2. The van der Waals surface area contributed by atoms with Crippen molar-refractivity contribution in [1.82, 2.24) is 15.2 Å². The van der Waals surface area contributed by atoms with Gasteiger partial charge in [-0.15, -0.1) is 0 Å². The first kappa shape index (κ1) is 18.3. The topological polar surface area (TPSA) is 87.9 Å². The summed E-state index contributed by atoms with van der Waals surface area (Å²) < 4.78 is 10.3. The minimum absolute atomic E-state index is 0.0826. The number of anilines is 1. The van der Waals surface area contributed by atoms with Gasteiger partial charge in [0.15, 0.2) is 5.69 Å². The summed E-state index contributed by atoms with van der Waals surface area (Å²) in [6.45, 7) is 9.85. The Morgan fingerprint density at radius 2 is 2.04 bits per heavy atom. The van der Waals surface area contributed by atoms with E-state index >= 15 is 0 Å². The number of nitrogens with zero attached hydrogens (tertiary/aromatic N) is 3. The van der Waals surface area contributed by atoms with Crippen LogP contribution < -0.4 is 10.2 Å². The molecule has 1 aromatic heterocycles. The molecule has 24 heavy (non-hydrogen) atoms. The second-order valence-corrected chi connectivity index (χ2v) is 6.04. The van der Waals surface area contributed by atoms with Crippen molar-refractivity contribution in [3.05, 3.63) is 12.0 Å². The quantitative estimate of drug-likeness (QED) is 0.739. The minimum Gasteiger partial charge on any atom is -0.461 e. The molecule has 0 aliphatic carbocycles. The lowest BCUT2D eigenvalue weighted by Gasteiger charge is -2.33. The van der Waals surface area contributed by atoms with Crippen molar-refractivity contribution in [2.75, 3.05) is 44.2 Å². The van der Waals surface area contributed by atoms with Crippen LogP contribution in [0.1, 0.15) is 37.7 Å². The molecule has 8 nitrogen and oxygen atoms in total. The van der Waals surface area contributed by atoms with Crippen LogP contribution >= 0.6 is 0 Å². The van der Waals surface area contributed by atoms with Crippen LogP contribution in [0, 0.1) is 0 Å². The number of carbonyl (C=O) groups excluding carboxylic acids is 2. The van der Waals surface area contributed by atoms with Gasteiger partial charge < -0.3 is 19.4 Å². The van der Waals surface area contributed by atoms with E-state index in [0.29, 0.717) is 19.0 Å². The van der Waals surface area contributed by atoms with Gasteiger partial charge in [-0.2, -0.15) is 4.98 Å². The minimum atomic E-state index is -0.470. The molecule has 0 radical (unpaired) electrons. The van der Waals surface area contributed by atoms with E-state index in [2.05, 4.69) is 15.2 Å². The predicted octanol–water partition coefficient (Wildman–Crippen LogP) is 0.888. The molecule has 0 spiro atoms. The summed E-state index contributed by atoms with van der Waals surface area (Å²) >= 11 is 0. The zero-order valence-electron chi connectivity index (χ0n) is 14.6. The summed E-state index contributed by atoms with van der Waals surface area (Å²) in [6.07, 6.45) is 1.83. The molecular formula is C16H26N4O4. The van der Waals surface area contributed by atoms with E-state index in [-0.39, 0.29) is 17.6 Å². The van der Waals surface area contributed by atoms with Crippen molar-refractivity contribution in [3.8, 4) is 0 Å². The summed E-state index contributed by atoms with van der Waals surface area (Å²) in [6, 6.07) is 0.614. The fourth-order valence-corrected chi connectivity index (χ4v) is 2.52. The standard InChI is InChI=1S/C16H26N4O4/c1-4-23-15(22)13-11-24-16(18-13)20-9-7-19(8-10-20)6-5-14(21)17-12(2)3/h11-12H,4-10H2,1-3H3,(H,17,21). The molecule has 1 saturated heterocycles. The summed E-state index contributed by atoms with van der Waals surface area (Å²) in [4.78, 5) is 31.7. The molecular weight excluding hydrogens is 312 g/mol. The molecule has 2 rings (SSSR count). The zero-order valence-corrected chi connectivity index (χ0v) is 14.6. The Labute approximate surface area is 142 Å². The van der Waals surface area contributed by atoms with Crippen LogP contribution in [0.25, 0.3) is 0 Å². The number of oxazole rings is 1. The van der Waals surface area contributed by atoms with Crippen LogP contribution in [0.2, 0.25) is 0 Å². The number of piperazine rings is 1. The Morgan fingerprint density at radius 3 is 2.67 bits per heavy atom. The normalized spacial score (nSPS) is 15.6. The van der Waals surface area contributed by atoms with E-state index in [1.165, 1.54) is 6.26 Å². The second-order valence-electron chi connectivity index (χ2n) is 6.04. The molecule has 1 aliphatic rings. The molecule has 1 amide bonds. The van der Waals surface area contributed by atoms with E-state index in [9.17, 15) is 9.59 Å². The monoisotopic (exact) mass is 338 g/mol. The average molecular weight is 338 g/mol. The summed E-state index contributed by atoms with van der Waals surface area (Å²) in [5.74, 6) is -0.387. The highest BCUT2D eigenvalue weighted by Gasteiger charge is 2.22. The Bertz CT molecular complexity index is 550. The summed E-state index contributed by atoms with van der Waals surface area (Å²) in [5.41, 5.74) is 0.194. The first-order chi connectivity index (χ1) is 11.5. The number of amides is 1.